The van der Waals surface area contributed by atoms with Gasteiger partial charge in [0.2, 0.25) is 11.8 Å². The molecule has 7 heteroatoms. The molecule has 0 radical (unpaired) electrons. The first-order valence-electron chi connectivity index (χ1n) is 7.16. The number of rotatable bonds is 6. The molecule has 0 fully saturated rings. The van der Waals surface area contributed by atoms with Gasteiger partial charge in [0.25, 0.3) is 0 Å². The fraction of sp³-hybridized carbons (Fsp3) is 0.118. The molecule has 2 aromatic rings. The van der Waals surface area contributed by atoms with Crippen LogP contribution in [0.15, 0.2) is 53.6 Å². The summed E-state index contributed by atoms with van der Waals surface area (Å²) < 4.78 is 13.8. The molecule has 2 N–H and O–H groups in total. The van der Waals surface area contributed by atoms with Gasteiger partial charge in [-0.15, -0.1) is 0 Å². The second-order valence-corrected chi connectivity index (χ2v) is 6.15. The molecule has 0 aromatic heterocycles. The molecule has 0 aliphatic heterocycles. The average Bonchev–Trinajstić information content (AvgIpc) is 2.55. The van der Waals surface area contributed by atoms with Crippen LogP contribution in [0.3, 0.4) is 0 Å². The second-order valence-electron chi connectivity index (χ2n) is 4.90. The van der Waals surface area contributed by atoms with Crippen molar-refractivity contribution in [2.24, 2.45) is 5.10 Å². The predicted octanol–water partition coefficient (Wildman–Crippen LogP) is 3.30. The van der Waals surface area contributed by atoms with Gasteiger partial charge in [-0.05, 0) is 64.6 Å². The summed E-state index contributed by atoms with van der Waals surface area (Å²) in [5, 5.41) is 6.44. The molecule has 0 atom stereocenters. The standard InChI is InChI=1S/C17H15FIN3O2/c18-13-4-6-15(7-5-13)21-16(23)8-9-17(24)22-20-11-12-2-1-3-14(19)10-12/h1-7,10-11H,8-9H2,(H,21,23)(H,22,24). The molecular weight excluding hydrogens is 424 g/mol. The van der Waals surface area contributed by atoms with Gasteiger partial charge in [-0.1, -0.05) is 12.1 Å². The van der Waals surface area contributed by atoms with Gasteiger partial charge in [0.1, 0.15) is 5.82 Å². The molecule has 2 aromatic carbocycles. The Hall–Kier alpha value is -2.29. The smallest absolute Gasteiger partial charge is 0.240 e. The van der Waals surface area contributed by atoms with Crippen LogP contribution in [0.5, 0.6) is 0 Å². The molecule has 0 aliphatic rings. The van der Waals surface area contributed by atoms with E-state index in [1.54, 1.807) is 6.21 Å². The number of halogens is 2. The predicted molar refractivity (Wildman–Crippen MR) is 99.2 cm³/mol. The highest BCUT2D eigenvalue weighted by molar-refractivity contribution is 14.1. The lowest BCUT2D eigenvalue weighted by atomic mass is 10.2. The number of hydrazone groups is 1. The highest BCUT2D eigenvalue weighted by Crippen LogP contribution is 2.09. The molecular formula is C17H15FIN3O2. The Bertz CT molecular complexity index is 748. The van der Waals surface area contributed by atoms with Crippen LogP contribution in [0, 0.1) is 9.39 Å². The number of nitrogens with one attached hydrogen (secondary N) is 2. The number of anilines is 1. The highest BCUT2D eigenvalue weighted by Gasteiger charge is 2.06. The van der Waals surface area contributed by atoms with Crippen molar-refractivity contribution in [3.8, 4) is 0 Å². The van der Waals surface area contributed by atoms with Crippen molar-refractivity contribution >= 4 is 46.3 Å². The van der Waals surface area contributed by atoms with E-state index < -0.39 is 0 Å². The third-order valence-corrected chi connectivity index (χ3v) is 3.63. The SMILES string of the molecule is O=C(CCC(=O)Nc1ccc(F)cc1)NN=Cc1cccc(I)c1. The first-order chi connectivity index (χ1) is 11.5. The van der Waals surface area contributed by atoms with Crippen LogP contribution in [-0.4, -0.2) is 18.0 Å². The fourth-order valence-corrected chi connectivity index (χ4v) is 2.37. The summed E-state index contributed by atoms with van der Waals surface area (Å²) >= 11 is 2.19. The molecule has 0 saturated heterocycles. The van der Waals surface area contributed by atoms with E-state index in [1.807, 2.05) is 24.3 Å². The van der Waals surface area contributed by atoms with Crippen molar-refractivity contribution in [1.29, 1.82) is 0 Å². The van der Waals surface area contributed by atoms with Crippen molar-refractivity contribution in [2.75, 3.05) is 5.32 Å². The number of nitrogens with zero attached hydrogens (tertiary/aromatic N) is 1. The van der Waals surface area contributed by atoms with Gasteiger partial charge in [-0.2, -0.15) is 5.10 Å². The van der Waals surface area contributed by atoms with Gasteiger partial charge in [0, 0.05) is 22.1 Å². The lowest BCUT2D eigenvalue weighted by Crippen LogP contribution is -2.20. The van der Waals surface area contributed by atoms with E-state index in [0.717, 1.165) is 9.13 Å². The van der Waals surface area contributed by atoms with Crippen molar-refractivity contribution < 1.29 is 14.0 Å². The zero-order chi connectivity index (χ0) is 17.4. The molecule has 0 bridgehead atoms. The molecule has 124 valence electrons. The van der Waals surface area contributed by atoms with E-state index in [-0.39, 0.29) is 30.5 Å². The number of carbonyl (C=O) groups excluding carboxylic acids is 2. The zero-order valence-corrected chi connectivity index (χ0v) is 14.8. The normalized spacial score (nSPS) is 10.6. The number of benzene rings is 2. The Labute approximate surface area is 152 Å². The molecule has 2 amide bonds. The topological polar surface area (TPSA) is 70.6 Å². The van der Waals surface area contributed by atoms with Crippen molar-refractivity contribution in [3.63, 3.8) is 0 Å². The molecule has 24 heavy (non-hydrogen) atoms. The monoisotopic (exact) mass is 439 g/mol. The Kier molecular flexibility index (Phi) is 6.86. The van der Waals surface area contributed by atoms with Crippen molar-refractivity contribution in [1.82, 2.24) is 5.43 Å². The number of hydrogen-bond acceptors (Lipinski definition) is 3. The van der Waals surface area contributed by atoms with Crippen LogP contribution in [-0.2, 0) is 9.59 Å². The Morgan fingerprint density at radius 2 is 1.79 bits per heavy atom. The van der Waals surface area contributed by atoms with E-state index in [1.165, 1.54) is 24.3 Å². The molecule has 5 nitrogen and oxygen atoms in total. The summed E-state index contributed by atoms with van der Waals surface area (Å²) in [6.07, 6.45) is 1.57. The number of amides is 2. The summed E-state index contributed by atoms with van der Waals surface area (Å²) in [5.41, 5.74) is 3.73. The Morgan fingerprint density at radius 1 is 1.08 bits per heavy atom. The molecule has 0 unspecified atom stereocenters. The molecule has 0 aliphatic carbocycles. The molecule has 0 heterocycles. The minimum Gasteiger partial charge on any atom is -0.326 e. The highest BCUT2D eigenvalue weighted by atomic mass is 127. The minimum absolute atomic E-state index is 0.0106. The first kappa shape index (κ1) is 18.1. The van der Waals surface area contributed by atoms with Gasteiger partial charge >= 0.3 is 0 Å². The Balaban J connectivity index is 1.72. The number of hydrogen-bond donors (Lipinski definition) is 2. The molecule has 2 rings (SSSR count). The third-order valence-electron chi connectivity index (χ3n) is 2.96. The van der Waals surface area contributed by atoms with Gasteiger partial charge in [0.15, 0.2) is 0 Å². The van der Waals surface area contributed by atoms with Gasteiger partial charge < -0.3 is 5.32 Å². The van der Waals surface area contributed by atoms with Crippen LogP contribution in [0.2, 0.25) is 0 Å². The van der Waals surface area contributed by atoms with Crippen LogP contribution >= 0.6 is 22.6 Å². The summed E-state index contributed by atoms with van der Waals surface area (Å²) in [5.74, 6) is -1.05. The van der Waals surface area contributed by atoms with Crippen LogP contribution in [0.4, 0.5) is 10.1 Å². The zero-order valence-electron chi connectivity index (χ0n) is 12.6. The third kappa shape index (κ3) is 6.45. The first-order valence-corrected chi connectivity index (χ1v) is 8.24. The summed E-state index contributed by atoms with van der Waals surface area (Å²) in [7, 11) is 0. The maximum Gasteiger partial charge on any atom is 0.240 e. The van der Waals surface area contributed by atoms with E-state index in [4.69, 9.17) is 0 Å². The second kappa shape index (κ2) is 9.11. The van der Waals surface area contributed by atoms with Crippen LogP contribution in [0.25, 0.3) is 0 Å². The van der Waals surface area contributed by atoms with Crippen LogP contribution < -0.4 is 10.7 Å². The Morgan fingerprint density at radius 3 is 2.50 bits per heavy atom. The maximum atomic E-state index is 12.8. The van der Waals surface area contributed by atoms with Crippen molar-refractivity contribution in [3.05, 3.63) is 63.5 Å². The lowest BCUT2D eigenvalue weighted by molar-refractivity contribution is -0.124. The maximum absolute atomic E-state index is 12.8. The van der Waals surface area contributed by atoms with E-state index >= 15 is 0 Å². The van der Waals surface area contributed by atoms with E-state index in [0.29, 0.717) is 5.69 Å². The molecule has 0 spiro atoms. The summed E-state index contributed by atoms with van der Waals surface area (Å²) in [6.45, 7) is 0. The largest absolute Gasteiger partial charge is 0.326 e. The fourth-order valence-electron chi connectivity index (χ4n) is 1.81. The van der Waals surface area contributed by atoms with Gasteiger partial charge in [-0.3, -0.25) is 9.59 Å². The van der Waals surface area contributed by atoms with Gasteiger partial charge in [-0.25, -0.2) is 9.82 Å². The molecule has 0 saturated carbocycles. The quantitative estimate of drug-likeness (QED) is 0.412. The minimum atomic E-state index is -0.377. The van der Waals surface area contributed by atoms with Crippen LogP contribution in [0.1, 0.15) is 18.4 Å². The number of carbonyl (C=O) groups is 2. The van der Waals surface area contributed by atoms with Crippen molar-refractivity contribution in [2.45, 2.75) is 12.8 Å². The average molecular weight is 439 g/mol. The summed E-state index contributed by atoms with van der Waals surface area (Å²) in [6, 6.07) is 13.1. The lowest BCUT2D eigenvalue weighted by Gasteiger charge is -2.04. The van der Waals surface area contributed by atoms with Gasteiger partial charge in [0.05, 0.1) is 6.21 Å². The summed E-state index contributed by atoms with van der Waals surface area (Å²) in [4.78, 5) is 23.4. The van der Waals surface area contributed by atoms with E-state index in [9.17, 15) is 14.0 Å². The van der Waals surface area contributed by atoms with E-state index in [2.05, 4.69) is 38.4 Å².